The highest BCUT2D eigenvalue weighted by Gasteiger charge is 2.03. The van der Waals surface area contributed by atoms with Crippen LogP contribution in [0.1, 0.15) is 11.3 Å². The molecule has 0 fully saturated rings. The Morgan fingerprint density at radius 3 is 2.74 bits per heavy atom. The van der Waals surface area contributed by atoms with Crippen LogP contribution in [0.2, 0.25) is 0 Å². The molecule has 0 aliphatic heterocycles. The van der Waals surface area contributed by atoms with Gasteiger partial charge in [-0.15, -0.1) is 6.58 Å². The summed E-state index contributed by atoms with van der Waals surface area (Å²) in [5, 5.41) is 6.41. The minimum atomic E-state index is 0.607. The van der Waals surface area contributed by atoms with Crippen molar-refractivity contribution >= 4 is 17.5 Å². The molecule has 0 spiro atoms. The molecule has 0 amide bonds. The Kier molecular flexibility index (Phi) is 4.13. The first-order valence-electron chi connectivity index (χ1n) is 6.22. The minimum absolute atomic E-state index is 0.607. The van der Waals surface area contributed by atoms with Gasteiger partial charge in [0.2, 0.25) is 5.95 Å². The summed E-state index contributed by atoms with van der Waals surface area (Å²) in [4.78, 5) is 8.75. The Morgan fingerprint density at radius 1 is 1.21 bits per heavy atom. The largest absolute Gasteiger partial charge is 0.351 e. The van der Waals surface area contributed by atoms with E-state index in [2.05, 4.69) is 40.2 Å². The van der Waals surface area contributed by atoms with Gasteiger partial charge in [-0.1, -0.05) is 24.3 Å². The van der Waals surface area contributed by atoms with Gasteiger partial charge in [-0.05, 0) is 25.5 Å². The van der Waals surface area contributed by atoms with Gasteiger partial charge in [0.05, 0.1) is 0 Å². The van der Waals surface area contributed by atoms with Gasteiger partial charge in [-0.3, -0.25) is 0 Å². The Bertz CT molecular complexity index is 578. The zero-order chi connectivity index (χ0) is 13.7. The highest BCUT2D eigenvalue weighted by molar-refractivity contribution is 5.61. The average molecular weight is 254 g/mol. The maximum absolute atomic E-state index is 4.43. The van der Waals surface area contributed by atoms with Crippen LogP contribution < -0.4 is 10.6 Å². The zero-order valence-corrected chi connectivity index (χ0v) is 11.3. The monoisotopic (exact) mass is 254 g/mol. The van der Waals surface area contributed by atoms with E-state index < -0.39 is 0 Å². The molecular formula is C15H18N4. The summed E-state index contributed by atoms with van der Waals surface area (Å²) >= 11 is 0. The van der Waals surface area contributed by atoms with Crippen LogP contribution in [0.3, 0.4) is 0 Å². The molecule has 0 bridgehead atoms. The molecule has 4 heteroatoms. The van der Waals surface area contributed by atoms with Crippen molar-refractivity contribution in [3.63, 3.8) is 0 Å². The molecule has 2 rings (SSSR count). The molecule has 1 aromatic heterocycles. The summed E-state index contributed by atoms with van der Waals surface area (Å²) in [7, 11) is 0. The summed E-state index contributed by atoms with van der Waals surface area (Å²) in [6.07, 6.45) is 1.78. The van der Waals surface area contributed by atoms with E-state index in [1.54, 1.807) is 6.08 Å². The van der Waals surface area contributed by atoms with E-state index in [1.807, 2.05) is 31.2 Å². The molecule has 98 valence electrons. The van der Waals surface area contributed by atoms with E-state index in [0.29, 0.717) is 12.5 Å². The maximum Gasteiger partial charge on any atom is 0.225 e. The third-order valence-electron chi connectivity index (χ3n) is 2.67. The van der Waals surface area contributed by atoms with E-state index >= 15 is 0 Å². The van der Waals surface area contributed by atoms with Crippen molar-refractivity contribution in [3.05, 3.63) is 54.2 Å². The van der Waals surface area contributed by atoms with Gasteiger partial charge in [0.25, 0.3) is 0 Å². The Labute approximate surface area is 113 Å². The predicted molar refractivity (Wildman–Crippen MR) is 79.9 cm³/mol. The minimum Gasteiger partial charge on any atom is -0.351 e. The molecule has 4 nitrogen and oxygen atoms in total. The van der Waals surface area contributed by atoms with Crippen molar-refractivity contribution in [2.75, 3.05) is 17.2 Å². The Hall–Kier alpha value is -2.36. The highest BCUT2D eigenvalue weighted by atomic mass is 15.1. The molecule has 0 aliphatic rings. The molecule has 0 radical (unpaired) electrons. The topological polar surface area (TPSA) is 49.8 Å². The first kappa shape index (κ1) is 13.1. The highest BCUT2D eigenvalue weighted by Crippen LogP contribution is 2.19. The van der Waals surface area contributed by atoms with Crippen LogP contribution in [0.4, 0.5) is 17.5 Å². The van der Waals surface area contributed by atoms with E-state index in [0.717, 1.165) is 17.2 Å². The normalized spacial score (nSPS) is 10.0. The molecule has 0 saturated carbocycles. The first-order chi connectivity index (χ1) is 9.19. The molecule has 19 heavy (non-hydrogen) atoms. The van der Waals surface area contributed by atoms with Crippen molar-refractivity contribution < 1.29 is 0 Å². The van der Waals surface area contributed by atoms with Gasteiger partial charge in [0, 0.05) is 24.0 Å². The van der Waals surface area contributed by atoms with Gasteiger partial charge < -0.3 is 10.6 Å². The molecule has 2 N–H and O–H groups in total. The number of aryl methyl sites for hydroxylation is 2. The van der Waals surface area contributed by atoms with Crippen molar-refractivity contribution in [3.8, 4) is 0 Å². The summed E-state index contributed by atoms with van der Waals surface area (Å²) in [6.45, 7) is 8.32. The SMILES string of the molecule is C=CCNc1nc(C)cc(Nc2ccccc2C)n1. The fraction of sp³-hybridized carbons (Fsp3) is 0.200. The predicted octanol–water partition coefficient (Wildman–Crippen LogP) is 3.43. The van der Waals surface area contributed by atoms with Gasteiger partial charge in [-0.2, -0.15) is 4.98 Å². The fourth-order valence-electron chi connectivity index (χ4n) is 1.73. The molecular weight excluding hydrogens is 236 g/mol. The van der Waals surface area contributed by atoms with Crippen LogP contribution >= 0.6 is 0 Å². The molecule has 2 aromatic rings. The number of hydrogen-bond donors (Lipinski definition) is 2. The van der Waals surface area contributed by atoms with Crippen LogP contribution in [-0.2, 0) is 0 Å². The van der Waals surface area contributed by atoms with Gasteiger partial charge in [0.15, 0.2) is 0 Å². The molecule has 1 aromatic carbocycles. The third kappa shape index (κ3) is 3.55. The van der Waals surface area contributed by atoms with Crippen molar-refractivity contribution in [2.24, 2.45) is 0 Å². The first-order valence-corrected chi connectivity index (χ1v) is 6.22. The summed E-state index contributed by atoms with van der Waals surface area (Å²) < 4.78 is 0. The lowest BCUT2D eigenvalue weighted by molar-refractivity contribution is 1.08. The van der Waals surface area contributed by atoms with Crippen LogP contribution in [0, 0.1) is 13.8 Å². The number of nitrogens with one attached hydrogen (secondary N) is 2. The number of para-hydroxylation sites is 1. The zero-order valence-electron chi connectivity index (χ0n) is 11.3. The van der Waals surface area contributed by atoms with Crippen LogP contribution in [0.15, 0.2) is 43.0 Å². The van der Waals surface area contributed by atoms with Crippen molar-refractivity contribution in [2.45, 2.75) is 13.8 Å². The number of aromatic nitrogens is 2. The van der Waals surface area contributed by atoms with E-state index in [-0.39, 0.29) is 0 Å². The summed E-state index contributed by atoms with van der Waals surface area (Å²) in [5.41, 5.74) is 3.15. The second kappa shape index (κ2) is 6.00. The molecule has 1 heterocycles. The third-order valence-corrected chi connectivity index (χ3v) is 2.67. The maximum atomic E-state index is 4.43. The van der Waals surface area contributed by atoms with E-state index in [4.69, 9.17) is 0 Å². The van der Waals surface area contributed by atoms with Gasteiger partial charge in [0.1, 0.15) is 5.82 Å². The lowest BCUT2D eigenvalue weighted by atomic mass is 10.2. The summed E-state index contributed by atoms with van der Waals surface area (Å²) in [5.74, 6) is 1.39. The van der Waals surface area contributed by atoms with E-state index in [1.165, 1.54) is 5.56 Å². The molecule has 0 unspecified atom stereocenters. The average Bonchev–Trinajstić information content (AvgIpc) is 2.38. The smallest absolute Gasteiger partial charge is 0.225 e. The van der Waals surface area contributed by atoms with Gasteiger partial charge >= 0.3 is 0 Å². The number of hydrogen-bond acceptors (Lipinski definition) is 4. The Balaban J connectivity index is 2.22. The fourth-order valence-corrected chi connectivity index (χ4v) is 1.73. The van der Waals surface area contributed by atoms with Crippen molar-refractivity contribution in [1.29, 1.82) is 0 Å². The number of benzene rings is 1. The molecule has 0 saturated heterocycles. The van der Waals surface area contributed by atoms with Crippen molar-refractivity contribution in [1.82, 2.24) is 9.97 Å². The quantitative estimate of drug-likeness (QED) is 0.802. The second-order valence-corrected chi connectivity index (χ2v) is 4.33. The number of anilines is 3. The number of rotatable bonds is 5. The standard InChI is InChI=1S/C15H18N4/c1-4-9-16-15-17-12(3)10-14(19-15)18-13-8-6-5-7-11(13)2/h4-8,10H,1,9H2,2-3H3,(H2,16,17,18,19). The Morgan fingerprint density at radius 2 is 2.00 bits per heavy atom. The van der Waals surface area contributed by atoms with Crippen LogP contribution in [0.25, 0.3) is 0 Å². The lowest BCUT2D eigenvalue weighted by Gasteiger charge is -2.10. The molecule has 0 atom stereocenters. The molecule has 0 aliphatic carbocycles. The van der Waals surface area contributed by atoms with Gasteiger partial charge in [-0.25, -0.2) is 4.98 Å². The van der Waals surface area contributed by atoms with Crippen LogP contribution in [0.5, 0.6) is 0 Å². The lowest BCUT2D eigenvalue weighted by Crippen LogP contribution is -2.06. The number of nitrogens with zero attached hydrogens (tertiary/aromatic N) is 2. The second-order valence-electron chi connectivity index (χ2n) is 4.33. The van der Waals surface area contributed by atoms with E-state index in [9.17, 15) is 0 Å². The summed E-state index contributed by atoms with van der Waals surface area (Å²) in [6, 6.07) is 10.0. The van der Waals surface area contributed by atoms with Crippen LogP contribution in [-0.4, -0.2) is 16.5 Å².